The van der Waals surface area contributed by atoms with E-state index in [1.54, 1.807) is 6.07 Å². The van der Waals surface area contributed by atoms with Gasteiger partial charge in [0.25, 0.3) is 5.91 Å². The molecule has 1 aromatic heterocycles. The van der Waals surface area contributed by atoms with Gasteiger partial charge in [-0.25, -0.2) is 0 Å². The third-order valence-electron chi connectivity index (χ3n) is 5.34. The van der Waals surface area contributed by atoms with Crippen molar-refractivity contribution in [2.75, 3.05) is 6.54 Å². The lowest BCUT2D eigenvalue weighted by Gasteiger charge is -2.28. The standard InChI is InChI=1S/C18H25N3O3/c22-17(19-10-12-5-6-12)16-9-15(24-20-16)11-21(14-3-1-2-4-14)18(23)13-7-8-13/h9,12-14H,1-8,10-11H2,(H,19,22). The van der Waals surface area contributed by atoms with Crippen molar-refractivity contribution in [1.82, 2.24) is 15.4 Å². The molecule has 3 aliphatic rings. The van der Waals surface area contributed by atoms with Crippen LogP contribution in [0.5, 0.6) is 0 Å². The molecule has 1 heterocycles. The summed E-state index contributed by atoms with van der Waals surface area (Å²) in [6.45, 7) is 1.15. The van der Waals surface area contributed by atoms with Gasteiger partial charge in [-0.1, -0.05) is 18.0 Å². The third-order valence-corrected chi connectivity index (χ3v) is 5.34. The predicted octanol–water partition coefficient (Wildman–Crippen LogP) is 2.50. The third kappa shape index (κ3) is 3.62. The first-order chi connectivity index (χ1) is 11.7. The highest BCUT2D eigenvalue weighted by Gasteiger charge is 2.37. The summed E-state index contributed by atoms with van der Waals surface area (Å²) in [5.74, 6) is 1.51. The van der Waals surface area contributed by atoms with Crippen molar-refractivity contribution in [1.29, 1.82) is 0 Å². The lowest BCUT2D eigenvalue weighted by molar-refractivity contribution is -0.135. The first kappa shape index (κ1) is 15.7. The lowest BCUT2D eigenvalue weighted by atomic mass is 10.1. The predicted molar refractivity (Wildman–Crippen MR) is 87.1 cm³/mol. The Morgan fingerprint density at radius 2 is 1.92 bits per heavy atom. The number of hydrogen-bond donors (Lipinski definition) is 1. The number of carbonyl (C=O) groups is 2. The van der Waals surface area contributed by atoms with Gasteiger partial charge in [-0.2, -0.15) is 0 Å². The maximum Gasteiger partial charge on any atom is 0.273 e. The molecule has 0 aromatic carbocycles. The molecule has 0 aliphatic heterocycles. The molecule has 0 saturated heterocycles. The van der Waals surface area contributed by atoms with Crippen molar-refractivity contribution in [3.8, 4) is 0 Å². The van der Waals surface area contributed by atoms with Crippen molar-refractivity contribution in [3.05, 3.63) is 17.5 Å². The minimum absolute atomic E-state index is 0.183. The Labute approximate surface area is 141 Å². The molecule has 6 heteroatoms. The van der Waals surface area contributed by atoms with Gasteiger partial charge in [0, 0.05) is 24.6 Å². The van der Waals surface area contributed by atoms with Crippen molar-refractivity contribution < 1.29 is 14.1 Å². The number of carbonyl (C=O) groups excluding carboxylic acids is 2. The molecule has 0 bridgehead atoms. The Hall–Kier alpha value is -1.85. The highest BCUT2D eigenvalue weighted by molar-refractivity contribution is 5.92. The summed E-state index contributed by atoms with van der Waals surface area (Å²) in [6.07, 6.45) is 8.92. The molecule has 0 spiro atoms. The van der Waals surface area contributed by atoms with E-state index in [0.717, 1.165) is 32.2 Å². The van der Waals surface area contributed by atoms with Crippen LogP contribution in [0.15, 0.2) is 10.6 Å². The molecule has 3 fully saturated rings. The molecule has 0 radical (unpaired) electrons. The van der Waals surface area contributed by atoms with Crippen molar-refractivity contribution in [3.63, 3.8) is 0 Å². The van der Waals surface area contributed by atoms with Gasteiger partial charge >= 0.3 is 0 Å². The maximum absolute atomic E-state index is 12.6. The van der Waals surface area contributed by atoms with Crippen LogP contribution in [-0.4, -0.2) is 34.5 Å². The summed E-state index contributed by atoms with van der Waals surface area (Å²) >= 11 is 0. The fourth-order valence-corrected chi connectivity index (χ4v) is 3.48. The largest absolute Gasteiger partial charge is 0.359 e. The molecule has 24 heavy (non-hydrogen) atoms. The zero-order chi connectivity index (χ0) is 16.5. The van der Waals surface area contributed by atoms with Crippen LogP contribution >= 0.6 is 0 Å². The van der Waals surface area contributed by atoms with Gasteiger partial charge in [0.1, 0.15) is 0 Å². The smallest absolute Gasteiger partial charge is 0.273 e. The number of rotatable bonds is 7. The van der Waals surface area contributed by atoms with Gasteiger partial charge < -0.3 is 14.7 Å². The second kappa shape index (κ2) is 6.57. The van der Waals surface area contributed by atoms with Gasteiger partial charge in [0.2, 0.25) is 5.91 Å². The lowest BCUT2D eigenvalue weighted by Crippen LogP contribution is -2.39. The highest BCUT2D eigenvalue weighted by Crippen LogP contribution is 2.35. The van der Waals surface area contributed by atoms with Crippen LogP contribution in [0, 0.1) is 11.8 Å². The summed E-state index contributed by atoms with van der Waals surface area (Å²) in [6, 6.07) is 2.00. The van der Waals surface area contributed by atoms with Crippen LogP contribution in [0.25, 0.3) is 0 Å². The second-order valence-electron chi connectivity index (χ2n) is 7.51. The first-order valence-electron chi connectivity index (χ1n) is 9.25. The Bertz CT molecular complexity index is 613. The normalized spacial score (nSPS) is 21.0. The average molecular weight is 331 g/mol. The van der Waals surface area contributed by atoms with Crippen LogP contribution in [0.3, 0.4) is 0 Å². The van der Waals surface area contributed by atoms with Crippen molar-refractivity contribution in [2.45, 2.75) is 64.0 Å². The zero-order valence-corrected chi connectivity index (χ0v) is 14.0. The molecule has 1 N–H and O–H groups in total. The van der Waals surface area contributed by atoms with E-state index in [0.29, 0.717) is 30.0 Å². The molecule has 0 atom stereocenters. The van der Waals surface area contributed by atoms with E-state index in [4.69, 9.17) is 4.52 Å². The van der Waals surface area contributed by atoms with Gasteiger partial charge in [0.05, 0.1) is 6.54 Å². The first-order valence-corrected chi connectivity index (χ1v) is 9.25. The quantitative estimate of drug-likeness (QED) is 0.833. The van der Waals surface area contributed by atoms with E-state index in [2.05, 4.69) is 10.5 Å². The summed E-state index contributed by atoms with van der Waals surface area (Å²) in [7, 11) is 0. The summed E-state index contributed by atoms with van der Waals surface area (Å²) in [5.41, 5.74) is 0.316. The summed E-state index contributed by atoms with van der Waals surface area (Å²) in [5, 5.41) is 6.78. The van der Waals surface area contributed by atoms with Crippen molar-refractivity contribution in [2.24, 2.45) is 11.8 Å². The molecule has 4 rings (SSSR count). The molecule has 0 unspecified atom stereocenters. The van der Waals surface area contributed by atoms with E-state index in [1.807, 2.05) is 4.90 Å². The monoisotopic (exact) mass is 331 g/mol. The van der Waals surface area contributed by atoms with E-state index in [1.165, 1.54) is 25.7 Å². The fourth-order valence-electron chi connectivity index (χ4n) is 3.48. The summed E-state index contributed by atoms with van der Waals surface area (Å²) < 4.78 is 5.34. The van der Waals surface area contributed by atoms with E-state index >= 15 is 0 Å². The SMILES string of the molecule is O=C(NCC1CC1)c1cc(CN(C(=O)C2CC2)C2CCCC2)on1. The van der Waals surface area contributed by atoms with E-state index in [9.17, 15) is 9.59 Å². The Morgan fingerprint density at radius 1 is 1.17 bits per heavy atom. The van der Waals surface area contributed by atoms with Gasteiger partial charge in [-0.15, -0.1) is 0 Å². The topological polar surface area (TPSA) is 75.4 Å². The molecule has 3 aliphatic carbocycles. The van der Waals surface area contributed by atoms with Crippen LogP contribution in [-0.2, 0) is 11.3 Å². The highest BCUT2D eigenvalue weighted by atomic mass is 16.5. The van der Waals surface area contributed by atoms with Gasteiger partial charge in [0.15, 0.2) is 11.5 Å². The Morgan fingerprint density at radius 3 is 2.58 bits per heavy atom. The van der Waals surface area contributed by atoms with Gasteiger partial charge in [-0.05, 0) is 44.4 Å². The van der Waals surface area contributed by atoms with Gasteiger partial charge in [-0.3, -0.25) is 9.59 Å². The minimum Gasteiger partial charge on any atom is -0.359 e. The number of amides is 2. The molecule has 130 valence electrons. The van der Waals surface area contributed by atoms with Crippen molar-refractivity contribution >= 4 is 11.8 Å². The number of nitrogens with zero attached hydrogens (tertiary/aromatic N) is 2. The zero-order valence-electron chi connectivity index (χ0n) is 14.0. The Balaban J connectivity index is 1.39. The molecule has 1 aromatic rings. The second-order valence-corrected chi connectivity index (χ2v) is 7.51. The maximum atomic E-state index is 12.6. The minimum atomic E-state index is -0.183. The average Bonchev–Trinajstić information content (AvgIpc) is 3.50. The molecular formula is C18H25N3O3. The molecule has 2 amide bonds. The van der Waals surface area contributed by atoms with Crippen LogP contribution in [0.1, 0.15) is 67.6 Å². The molecular weight excluding hydrogens is 306 g/mol. The van der Waals surface area contributed by atoms with E-state index < -0.39 is 0 Å². The molecule has 6 nitrogen and oxygen atoms in total. The van der Waals surface area contributed by atoms with Crippen LogP contribution in [0.4, 0.5) is 0 Å². The number of aromatic nitrogens is 1. The number of hydrogen-bond acceptors (Lipinski definition) is 4. The Kier molecular flexibility index (Phi) is 4.29. The summed E-state index contributed by atoms with van der Waals surface area (Å²) in [4.78, 5) is 26.6. The van der Waals surface area contributed by atoms with Crippen LogP contribution in [0.2, 0.25) is 0 Å². The number of nitrogens with one attached hydrogen (secondary N) is 1. The molecule has 3 saturated carbocycles. The van der Waals surface area contributed by atoms with Crippen LogP contribution < -0.4 is 5.32 Å². The van der Waals surface area contributed by atoms with E-state index in [-0.39, 0.29) is 17.7 Å². The fraction of sp³-hybridized carbons (Fsp3) is 0.722.